The largest absolute Gasteiger partial charge is 0.503 e. The summed E-state index contributed by atoms with van der Waals surface area (Å²) in [5.41, 5.74) is 0.995. The highest BCUT2D eigenvalue weighted by Crippen LogP contribution is 2.43. The molecule has 35 heavy (non-hydrogen) atoms. The number of aromatic nitrogens is 1. The van der Waals surface area contributed by atoms with Crippen LogP contribution in [0.1, 0.15) is 22.3 Å². The molecule has 9 heteroatoms. The van der Waals surface area contributed by atoms with Gasteiger partial charge in [-0.2, -0.15) is 0 Å². The number of anilines is 1. The van der Waals surface area contributed by atoms with E-state index in [-0.39, 0.29) is 11.3 Å². The molecular formula is C26H19ClN2O6. The first-order valence-electron chi connectivity index (χ1n) is 10.6. The van der Waals surface area contributed by atoms with Crippen molar-refractivity contribution in [3.63, 3.8) is 0 Å². The van der Waals surface area contributed by atoms with Crippen molar-refractivity contribution in [2.75, 3.05) is 19.1 Å². The number of furan rings is 1. The summed E-state index contributed by atoms with van der Waals surface area (Å²) in [6.07, 6.45) is 1.55. The third-order valence-corrected chi connectivity index (χ3v) is 5.96. The molecule has 0 spiro atoms. The van der Waals surface area contributed by atoms with Crippen LogP contribution in [0.25, 0.3) is 11.0 Å². The van der Waals surface area contributed by atoms with Gasteiger partial charge in [0.05, 0.1) is 25.5 Å². The Morgan fingerprint density at radius 2 is 1.91 bits per heavy atom. The van der Waals surface area contributed by atoms with Gasteiger partial charge in [0.15, 0.2) is 22.9 Å². The lowest BCUT2D eigenvalue weighted by Crippen LogP contribution is -2.31. The average Bonchev–Trinajstić information content (AvgIpc) is 3.42. The summed E-state index contributed by atoms with van der Waals surface area (Å²) in [5.74, 6) is -1.30. The summed E-state index contributed by atoms with van der Waals surface area (Å²) in [6, 6.07) is 15.6. The van der Waals surface area contributed by atoms with Crippen LogP contribution in [-0.4, -0.2) is 36.0 Å². The summed E-state index contributed by atoms with van der Waals surface area (Å²) in [5, 5.41) is 11.9. The highest BCUT2D eigenvalue weighted by atomic mass is 35.5. The monoisotopic (exact) mass is 490 g/mol. The van der Waals surface area contributed by atoms with Crippen LogP contribution in [0.3, 0.4) is 0 Å². The fourth-order valence-corrected chi connectivity index (χ4v) is 4.38. The number of carbonyl (C=O) groups excluding carboxylic acids is 2. The smallest absolute Gasteiger partial charge is 0.294 e. The van der Waals surface area contributed by atoms with Crippen molar-refractivity contribution in [3.8, 4) is 11.5 Å². The summed E-state index contributed by atoms with van der Waals surface area (Å²) in [4.78, 5) is 32.7. The second-order valence-electron chi connectivity index (χ2n) is 7.76. The predicted molar refractivity (Wildman–Crippen MR) is 129 cm³/mol. The van der Waals surface area contributed by atoms with Gasteiger partial charge in [-0.05, 0) is 36.4 Å². The van der Waals surface area contributed by atoms with Crippen molar-refractivity contribution in [1.29, 1.82) is 0 Å². The number of carbonyl (C=O) groups is 2. The maximum atomic E-state index is 13.7. The van der Waals surface area contributed by atoms with E-state index in [0.717, 1.165) is 0 Å². The van der Waals surface area contributed by atoms with Gasteiger partial charge in [0.2, 0.25) is 5.78 Å². The van der Waals surface area contributed by atoms with Gasteiger partial charge in [-0.1, -0.05) is 23.7 Å². The molecule has 2 aromatic heterocycles. The van der Waals surface area contributed by atoms with E-state index < -0.39 is 23.5 Å². The number of Topliss-reactive ketones (excluding diaryl/α,β-unsaturated/α-hetero) is 1. The molecule has 1 atom stereocenters. The zero-order valence-corrected chi connectivity index (χ0v) is 19.4. The number of nitrogens with zero attached hydrogens (tertiary/aromatic N) is 2. The Morgan fingerprint density at radius 3 is 2.63 bits per heavy atom. The molecule has 1 unspecified atom stereocenters. The molecule has 3 heterocycles. The molecule has 0 radical (unpaired) electrons. The van der Waals surface area contributed by atoms with Gasteiger partial charge in [-0.25, -0.2) is 0 Å². The molecule has 0 fully saturated rings. The van der Waals surface area contributed by atoms with Crippen molar-refractivity contribution >= 4 is 39.9 Å². The Bertz CT molecular complexity index is 1490. The first-order chi connectivity index (χ1) is 16.9. The Kier molecular flexibility index (Phi) is 5.66. The van der Waals surface area contributed by atoms with Crippen molar-refractivity contribution in [2.24, 2.45) is 0 Å². The highest BCUT2D eigenvalue weighted by Gasteiger charge is 2.46. The number of pyridine rings is 1. The van der Waals surface area contributed by atoms with Crippen molar-refractivity contribution < 1.29 is 28.6 Å². The number of fused-ring (bicyclic) bond motifs is 1. The van der Waals surface area contributed by atoms with Gasteiger partial charge in [0.1, 0.15) is 11.8 Å². The van der Waals surface area contributed by atoms with E-state index in [0.29, 0.717) is 38.9 Å². The Morgan fingerprint density at radius 1 is 1.09 bits per heavy atom. The van der Waals surface area contributed by atoms with Crippen LogP contribution in [0.15, 0.2) is 82.6 Å². The number of aliphatic hydroxyl groups is 1. The third-order valence-electron chi connectivity index (χ3n) is 5.74. The van der Waals surface area contributed by atoms with Gasteiger partial charge in [-0.15, -0.1) is 0 Å². The quantitative estimate of drug-likeness (QED) is 0.367. The number of ketones is 1. The molecular weight excluding hydrogens is 472 g/mol. The summed E-state index contributed by atoms with van der Waals surface area (Å²) in [7, 11) is 2.97. The number of aliphatic hydroxyl groups excluding tert-OH is 1. The van der Waals surface area contributed by atoms with Crippen molar-refractivity contribution in [2.45, 2.75) is 6.04 Å². The number of hydrogen-bond donors (Lipinski definition) is 1. The molecule has 4 aromatic rings. The molecule has 1 amide bonds. The topological polar surface area (TPSA) is 102 Å². The minimum absolute atomic E-state index is 0.0802. The normalized spacial score (nSPS) is 15.7. The van der Waals surface area contributed by atoms with Gasteiger partial charge in [0.25, 0.3) is 5.91 Å². The highest BCUT2D eigenvalue weighted by molar-refractivity contribution is 6.31. The van der Waals surface area contributed by atoms with Gasteiger partial charge < -0.3 is 19.0 Å². The number of ether oxygens (including phenoxy) is 2. The zero-order valence-electron chi connectivity index (χ0n) is 18.7. The molecule has 1 aliphatic heterocycles. The van der Waals surface area contributed by atoms with Gasteiger partial charge >= 0.3 is 0 Å². The van der Waals surface area contributed by atoms with E-state index in [1.807, 2.05) is 0 Å². The summed E-state index contributed by atoms with van der Waals surface area (Å²) >= 11 is 6.15. The summed E-state index contributed by atoms with van der Waals surface area (Å²) in [6.45, 7) is 0. The first kappa shape index (κ1) is 22.5. The molecule has 1 aliphatic rings. The Balaban J connectivity index is 1.66. The number of hydrogen-bond acceptors (Lipinski definition) is 7. The number of benzene rings is 2. The van der Waals surface area contributed by atoms with Gasteiger partial charge in [-0.3, -0.25) is 19.5 Å². The van der Waals surface area contributed by atoms with Gasteiger partial charge in [0, 0.05) is 34.4 Å². The molecule has 0 saturated heterocycles. The van der Waals surface area contributed by atoms with E-state index in [4.69, 9.17) is 25.5 Å². The van der Waals surface area contributed by atoms with Crippen LogP contribution < -0.4 is 14.4 Å². The molecule has 0 bridgehead atoms. The first-order valence-corrected chi connectivity index (χ1v) is 10.9. The lowest BCUT2D eigenvalue weighted by Gasteiger charge is -2.26. The lowest BCUT2D eigenvalue weighted by atomic mass is 9.98. The van der Waals surface area contributed by atoms with E-state index >= 15 is 0 Å². The number of amides is 1. The number of methoxy groups -OCH3 is 2. The van der Waals surface area contributed by atoms with E-state index in [1.165, 1.54) is 25.2 Å². The standard InChI is InChI=1S/C26H19ClN2O6/c1-33-17-7-5-6-16(13-17)29-22(18-8-3-4-9-28-18)21(24(31)26(29)32)23(30)19-11-14-10-15(27)12-20(34-2)25(14)35-19/h3-13,22,31H,1-2H3. The van der Waals surface area contributed by atoms with Crippen LogP contribution in [0.5, 0.6) is 11.5 Å². The molecule has 176 valence electrons. The minimum Gasteiger partial charge on any atom is -0.503 e. The van der Waals surface area contributed by atoms with E-state index in [1.54, 1.807) is 60.8 Å². The average molecular weight is 491 g/mol. The number of halogens is 1. The summed E-state index contributed by atoms with van der Waals surface area (Å²) < 4.78 is 16.4. The fraction of sp³-hybridized carbons (Fsp3) is 0.115. The van der Waals surface area contributed by atoms with Crippen LogP contribution in [0.2, 0.25) is 5.02 Å². The van der Waals surface area contributed by atoms with E-state index in [9.17, 15) is 14.7 Å². The van der Waals surface area contributed by atoms with Crippen LogP contribution in [-0.2, 0) is 4.79 Å². The lowest BCUT2D eigenvalue weighted by molar-refractivity contribution is -0.117. The van der Waals surface area contributed by atoms with Crippen LogP contribution in [0, 0.1) is 0 Å². The third kappa shape index (κ3) is 3.77. The molecule has 2 aromatic carbocycles. The van der Waals surface area contributed by atoms with Crippen molar-refractivity contribution in [3.05, 3.63) is 94.7 Å². The Labute approximate surface area is 205 Å². The number of rotatable bonds is 6. The van der Waals surface area contributed by atoms with Crippen LogP contribution >= 0.6 is 11.6 Å². The van der Waals surface area contributed by atoms with Crippen LogP contribution in [0.4, 0.5) is 5.69 Å². The molecule has 1 N–H and O–H groups in total. The predicted octanol–water partition coefficient (Wildman–Crippen LogP) is 5.28. The van der Waals surface area contributed by atoms with Crippen molar-refractivity contribution in [1.82, 2.24) is 4.98 Å². The fourth-order valence-electron chi connectivity index (χ4n) is 4.16. The molecule has 0 aliphatic carbocycles. The molecule has 5 rings (SSSR count). The molecule has 8 nitrogen and oxygen atoms in total. The minimum atomic E-state index is -0.998. The maximum Gasteiger partial charge on any atom is 0.294 e. The maximum absolute atomic E-state index is 13.7. The van der Waals surface area contributed by atoms with E-state index in [2.05, 4.69) is 4.98 Å². The second kappa shape index (κ2) is 8.81. The SMILES string of the molecule is COc1cccc(N2C(=O)C(O)=C(C(=O)c3cc4cc(Cl)cc(OC)c4o3)C2c2ccccn2)c1. The Hall–Kier alpha value is -4.30. The second-order valence-corrected chi connectivity index (χ2v) is 8.20. The molecule has 0 saturated carbocycles. The zero-order chi connectivity index (χ0) is 24.7.